The molecule has 22 heavy (non-hydrogen) atoms. The van der Waals surface area contributed by atoms with Crippen LogP contribution in [0.15, 0.2) is 24.3 Å². The van der Waals surface area contributed by atoms with Crippen LogP contribution in [0, 0.1) is 13.8 Å². The minimum absolute atomic E-state index is 0.113. The molecule has 0 aliphatic rings. The van der Waals surface area contributed by atoms with Crippen LogP contribution in [0.5, 0.6) is 5.75 Å². The number of ether oxygens (including phenoxy) is 1. The van der Waals surface area contributed by atoms with Gasteiger partial charge in [-0.3, -0.25) is 9.20 Å². The molecule has 0 saturated heterocycles. The topological polar surface area (TPSA) is 68.5 Å². The molecule has 2 aromatic heterocycles. The summed E-state index contributed by atoms with van der Waals surface area (Å²) < 4.78 is 7.18. The molecule has 1 aromatic carbocycles. The second kappa shape index (κ2) is 5.76. The maximum atomic E-state index is 12.4. The first-order chi connectivity index (χ1) is 10.6. The molecule has 0 unspecified atom stereocenters. The Hall–Kier alpha value is -2.41. The standard InChI is InChI=1S/C15H16N4O2S/c1-9-13(22-15-18-17-10(2)19(9)15)14(20)16-8-11-6-4-5-7-12(11)21-3/h4-7H,8H2,1-3H3,(H,16,20). The molecule has 0 bridgehead atoms. The van der Waals surface area contributed by atoms with Gasteiger partial charge < -0.3 is 10.1 Å². The Morgan fingerprint density at radius 1 is 1.32 bits per heavy atom. The minimum Gasteiger partial charge on any atom is -0.496 e. The van der Waals surface area contributed by atoms with E-state index in [2.05, 4.69) is 15.5 Å². The van der Waals surface area contributed by atoms with Crippen LogP contribution < -0.4 is 10.1 Å². The molecule has 7 heteroatoms. The van der Waals surface area contributed by atoms with E-state index in [0.29, 0.717) is 11.4 Å². The molecule has 0 radical (unpaired) electrons. The number of aryl methyl sites for hydroxylation is 2. The van der Waals surface area contributed by atoms with Crippen LogP contribution in [0.1, 0.15) is 26.8 Å². The molecule has 6 nitrogen and oxygen atoms in total. The van der Waals surface area contributed by atoms with Crippen LogP contribution in [0.4, 0.5) is 0 Å². The Morgan fingerprint density at radius 2 is 2.09 bits per heavy atom. The maximum Gasteiger partial charge on any atom is 0.263 e. The Bertz CT molecular complexity index is 837. The molecule has 3 aromatic rings. The average Bonchev–Trinajstić information content (AvgIpc) is 3.06. The van der Waals surface area contributed by atoms with E-state index >= 15 is 0 Å². The quantitative estimate of drug-likeness (QED) is 0.802. The highest BCUT2D eigenvalue weighted by molar-refractivity contribution is 7.19. The van der Waals surface area contributed by atoms with Gasteiger partial charge in [0, 0.05) is 17.8 Å². The molecular weight excluding hydrogens is 300 g/mol. The lowest BCUT2D eigenvalue weighted by Gasteiger charge is -2.09. The molecule has 3 rings (SSSR count). The van der Waals surface area contributed by atoms with Gasteiger partial charge in [0.1, 0.15) is 16.5 Å². The molecule has 0 saturated carbocycles. The normalized spacial score (nSPS) is 10.9. The van der Waals surface area contributed by atoms with Gasteiger partial charge in [-0.05, 0) is 19.9 Å². The van der Waals surface area contributed by atoms with E-state index in [1.807, 2.05) is 42.5 Å². The summed E-state index contributed by atoms with van der Waals surface area (Å²) in [5, 5.41) is 11.0. The van der Waals surface area contributed by atoms with Gasteiger partial charge in [0.05, 0.1) is 7.11 Å². The minimum atomic E-state index is -0.113. The van der Waals surface area contributed by atoms with Gasteiger partial charge in [0.2, 0.25) is 4.96 Å². The Labute approximate surface area is 131 Å². The first-order valence-corrected chi connectivity index (χ1v) is 7.64. The van der Waals surface area contributed by atoms with E-state index in [1.54, 1.807) is 7.11 Å². The van der Waals surface area contributed by atoms with Crippen molar-refractivity contribution in [3.05, 3.63) is 46.2 Å². The largest absolute Gasteiger partial charge is 0.496 e. The van der Waals surface area contributed by atoms with E-state index in [-0.39, 0.29) is 5.91 Å². The van der Waals surface area contributed by atoms with E-state index in [1.165, 1.54) is 11.3 Å². The third-order valence-electron chi connectivity index (χ3n) is 3.49. The summed E-state index contributed by atoms with van der Waals surface area (Å²) in [7, 11) is 1.62. The number of aromatic nitrogens is 3. The summed E-state index contributed by atoms with van der Waals surface area (Å²) >= 11 is 1.34. The lowest BCUT2D eigenvalue weighted by Crippen LogP contribution is -2.23. The van der Waals surface area contributed by atoms with E-state index in [9.17, 15) is 4.79 Å². The fourth-order valence-corrected chi connectivity index (χ4v) is 3.41. The highest BCUT2D eigenvalue weighted by atomic mass is 32.1. The lowest BCUT2D eigenvalue weighted by atomic mass is 10.2. The molecule has 0 atom stereocenters. The van der Waals surface area contributed by atoms with Crippen molar-refractivity contribution < 1.29 is 9.53 Å². The number of para-hydroxylation sites is 1. The van der Waals surface area contributed by atoms with Crippen molar-refractivity contribution in [1.82, 2.24) is 19.9 Å². The van der Waals surface area contributed by atoms with Gasteiger partial charge in [0.25, 0.3) is 5.91 Å². The number of carbonyl (C=O) groups is 1. The number of hydrogen-bond donors (Lipinski definition) is 1. The first-order valence-electron chi connectivity index (χ1n) is 6.83. The number of nitrogens with zero attached hydrogens (tertiary/aromatic N) is 3. The summed E-state index contributed by atoms with van der Waals surface area (Å²) in [6.07, 6.45) is 0. The number of rotatable bonds is 4. The first kappa shape index (κ1) is 14.5. The van der Waals surface area contributed by atoms with Crippen molar-refractivity contribution in [2.24, 2.45) is 0 Å². The molecule has 114 valence electrons. The van der Waals surface area contributed by atoms with Gasteiger partial charge in [-0.15, -0.1) is 10.2 Å². The number of methoxy groups -OCH3 is 1. The van der Waals surface area contributed by atoms with Crippen molar-refractivity contribution in [2.75, 3.05) is 7.11 Å². The molecule has 2 heterocycles. The lowest BCUT2D eigenvalue weighted by molar-refractivity contribution is 0.0954. The van der Waals surface area contributed by atoms with Crippen molar-refractivity contribution in [2.45, 2.75) is 20.4 Å². The summed E-state index contributed by atoms with van der Waals surface area (Å²) in [6, 6.07) is 7.63. The smallest absolute Gasteiger partial charge is 0.263 e. The zero-order valence-electron chi connectivity index (χ0n) is 12.6. The number of carbonyl (C=O) groups excluding carboxylic acids is 1. The fourth-order valence-electron chi connectivity index (χ4n) is 2.38. The van der Waals surface area contributed by atoms with Crippen molar-refractivity contribution in [3.63, 3.8) is 0 Å². The molecular formula is C15H16N4O2S. The van der Waals surface area contributed by atoms with Crippen molar-refractivity contribution in [1.29, 1.82) is 0 Å². The average molecular weight is 316 g/mol. The van der Waals surface area contributed by atoms with Gasteiger partial charge in [0.15, 0.2) is 0 Å². The van der Waals surface area contributed by atoms with Crippen LogP contribution >= 0.6 is 11.3 Å². The Kier molecular flexibility index (Phi) is 3.81. The predicted octanol–water partition coefficient (Wildman–Crippen LogP) is 2.35. The summed E-state index contributed by atoms with van der Waals surface area (Å²) in [5.41, 5.74) is 1.80. The number of amides is 1. The van der Waals surface area contributed by atoms with Crippen LogP contribution in [0.2, 0.25) is 0 Å². The maximum absolute atomic E-state index is 12.4. The van der Waals surface area contributed by atoms with Crippen LogP contribution in [-0.2, 0) is 6.54 Å². The van der Waals surface area contributed by atoms with Gasteiger partial charge in [-0.2, -0.15) is 0 Å². The van der Waals surface area contributed by atoms with E-state index in [4.69, 9.17) is 4.74 Å². The third-order valence-corrected chi connectivity index (χ3v) is 4.62. The predicted molar refractivity (Wildman–Crippen MR) is 84.5 cm³/mol. The zero-order valence-corrected chi connectivity index (χ0v) is 13.4. The van der Waals surface area contributed by atoms with E-state index < -0.39 is 0 Å². The number of benzene rings is 1. The van der Waals surface area contributed by atoms with Crippen LogP contribution in [0.25, 0.3) is 4.96 Å². The van der Waals surface area contributed by atoms with Crippen molar-refractivity contribution in [3.8, 4) is 5.75 Å². The number of hydrogen-bond acceptors (Lipinski definition) is 5. The SMILES string of the molecule is COc1ccccc1CNC(=O)c1sc2nnc(C)n2c1C. The van der Waals surface area contributed by atoms with E-state index in [0.717, 1.165) is 27.8 Å². The molecule has 1 N–H and O–H groups in total. The summed E-state index contributed by atoms with van der Waals surface area (Å²) in [5.74, 6) is 1.44. The zero-order chi connectivity index (χ0) is 15.7. The molecule has 0 aliphatic carbocycles. The molecule has 1 amide bonds. The second-order valence-corrected chi connectivity index (χ2v) is 5.85. The second-order valence-electron chi connectivity index (χ2n) is 4.88. The van der Waals surface area contributed by atoms with Crippen LogP contribution in [0.3, 0.4) is 0 Å². The summed E-state index contributed by atoms with van der Waals surface area (Å²) in [6.45, 7) is 4.19. The molecule has 0 fully saturated rings. The fraction of sp³-hybridized carbons (Fsp3) is 0.267. The number of thiazole rings is 1. The number of fused-ring (bicyclic) bond motifs is 1. The molecule has 0 spiro atoms. The highest BCUT2D eigenvalue weighted by Crippen LogP contribution is 2.23. The third kappa shape index (κ3) is 2.43. The summed E-state index contributed by atoms with van der Waals surface area (Å²) in [4.78, 5) is 13.8. The van der Waals surface area contributed by atoms with Gasteiger partial charge in [-0.1, -0.05) is 29.5 Å². The Morgan fingerprint density at radius 3 is 2.82 bits per heavy atom. The highest BCUT2D eigenvalue weighted by Gasteiger charge is 2.18. The van der Waals surface area contributed by atoms with Gasteiger partial charge in [-0.25, -0.2) is 0 Å². The number of nitrogens with one attached hydrogen (secondary N) is 1. The van der Waals surface area contributed by atoms with Crippen LogP contribution in [-0.4, -0.2) is 27.6 Å². The van der Waals surface area contributed by atoms with Crippen molar-refractivity contribution >= 4 is 22.2 Å². The van der Waals surface area contributed by atoms with Gasteiger partial charge >= 0.3 is 0 Å². The monoisotopic (exact) mass is 316 g/mol. The molecule has 0 aliphatic heterocycles. The Balaban J connectivity index is 1.80.